The molecule has 0 bridgehead atoms. The topological polar surface area (TPSA) is 42.6 Å². The fourth-order valence-corrected chi connectivity index (χ4v) is 1.92. The van der Waals surface area contributed by atoms with Crippen LogP contribution in [-0.4, -0.2) is 24.5 Å². The van der Waals surface area contributed by atoms with Crippen LogP contribution < -0.4 is 0 Å². The monoisotopic (exact) mass is 288 g/mol. The van der Waals surface area contributed by atoms with Gasteiger partial charge < -0.3 is 14.3 Å². The third kappa shape index (κ3) is 3.74. The van der Waals surface area contributed by atoms with Crippen LogP contribution in [0.25, 0.3) is 11.0 Å². The first-order valence-electron chi connectivity index (χ1n) is 6.18. The molecule has 0 fully saturated rings. The van der Waals surface area contributed by atoms with Gasteiger partial charge in [0.15, 0.2) is 0 Å². The number of rotatable bonds is 5. The van der Waals surface area contributed by atoms with Gasteiger partial charge in [0.2, 0.25) is 0 Å². The van der Waals surface area contributed by atoms with E-state index in [9.17, 15) is 18.3 Å². The van der Waals surface area contributed by atoms with Crippen molar-refractivity contribution in [2.75, 3.05) is 13.2 Å². The summed E-state index contributed by atoms with van der Waals surface area (Å²) in [5.41, 5.74) is 1.62. The minimum Gasteiger partial charge on any atom is -0.458 e. The Hall–Kier alpha value is -1.53. The Kier molecular flexibility index (Phi) is 4.35. The van der Waals surface area contributed by atoms with Crippen LogP contribution in [0.15, 0.2) is 28.7 Å². The molecule has 0 aliphatic heterocycles. The van der Waals surface area contributed by atoms with Gasteiger partial charge in [0, 0.05) is 18.4 Å². The van der Waals surface area contributed by atoms with Crippen LogP contribution in [0.3, 0.4) is 0 Å². The van der Waals surface area contributed by atoms with Crippen LogP contribution in [0, 0.1) is 6.92 Å². The van der Waals surface area contributed by atoms with Gasteiger partial charge in [-0.05, 0) is 18.6 Å². The predicted octanol–water partition coefficient (Wildman–Crippen LogP) is 3.74. The molecule has 110 valence electrons. The molecule has 1 heterocycles. The molecular weight excluding hydrogens is 273 g/mol. The first-order chi connectivity index (χ1) is 9.37. The Labute approximate surface area is 114 Å². The lowest BCUT2D eigenvalue weighted by Gasteiger charge is -2.10. The second-order valence-electron chi connectivity index (χ2n) is 4.61. The minimum atomic E-state index is -4.35. The lowest BCUT2D eigenvalue weighted by molar-refractivity contribution is -0.175. The molecule has 0 aliphatic rings. The van der Waals surface area contributed by atoms with Crippen molar-refractivity contribution < 1.29 is 27.4 Å². The second kappa shape index (κ2) is 5.85. The lowest BCUT2D eigenvalue weighted by Crippen LogP contribution is -2.18. The predicted molar refractivity (Wildman–Crippen MR) is 67.4 cm³/mol. The van der Waals surface area contributed by atoms with E-state index in [1.54, 1.807) is 6.07 Å². The molecule has 1 aromatic carbocycles. The van der Waals surface area contributed by atoms with Crippen molar-refractivity contribution in [2.24, 2.45) is 0 Å². The molecular formula is C14H15F3O3. The Morgan fingerprint density at radius 2 is 2.10 bits per heavy atom. The largest absolute Gasteiger partial charge is 0.458 e. The molecule has 0 saturated carbocycles. The first-order valence-corrected chi connectivity index (χ1v) is 6.18. The van der Waals surface area contributed by atoms with Crippen LogP contribution in [-0.2, 0) is 4.74 Å². The molecule has 2 aromatic rings. The zero-order valence-electron chi connectivity index (χ0n) is 10.9. The van der Waals surface area contributed by atoms with Crippen molar-refractivity contribution >= 4 is 11.0 Å². The number of fused-ring (bicyclic) bond motifs is 1. The van der Waals surface area contributed by atoms with Gasteiger partial charge in [0.25, 0.3) is 0 Å². The maximum atomic E-state index is 11.9. The number of para-hydroxylation sites is 1. The third-order valence-electron chi connectivity index (χ3n) is 2.89. The standard InChI is InChI=1S/C14H15F3O3/c1-9-3-2-4-10-7-12(20-13(9)10)11(18)5-6-19-8-14(15,16)17/h2-4,7,11,18H,5-6,8H2,1H3. The Balaban J connectivity index is 1.94. The smallest absolute Gasteiger partial charge is 0.411 e. The number of furan rings is 1. The van der Waals surface area contributed by atoms with Crippen molar-refractivity contribution in [1.29, 1.82) is 0 Å². The zero-order chi connectivity index (χ0) is 14.8. The number of hydrogen-bond acceptors (Lipinski definition) is 3. The molecule has 1 atom stereocenters. The van der Waals surface area contributed by atoms with E-state index >= 15 is 0 Å². The van der Waals surface area contributed by atoms with Crippen LogP contribution in [0.5, 0.6) is 0 Å². The fourth-order valence-electron chi connectivity index (χ4n) is 1.92. The molecule has 0 saturated heterocycles. The second-order valence-corrected chi connectivity index (χ2v) is 4.61. The molecule has 0 radical (unpaired) electrons. The minimum absolute atomic E-state index is 0.0505. The zero-order valence-corrected chi connectivity index (χ0v) is 10.9. The van der Waals surface area contributed by atoms with Gasteiger partial charge in [-0.2, -0.15) is 13.2 Å². The molecule has 2 rings (SSSR count). The number of alkyl halides is 3. The number of aliphatic hydroxyl groups is 1. The third-order valence-corrected chi connectivity index (χ3v) is 2.89. The van der Waals surface area contributed by atoms with E-state index in [1.165, 1.54) is 0 Å². The van der Waals surface area contributed by atoms with Crippen LogP contribution >= 0.6 is 0 Å². The summed E-state index contributed by atoms with van der Waals surface area (Å²) in [5.74, 6) is 0.338. The van der Waals surface area contributed by atoms with Crippen molar-refractivity contribution in [1.82, 2.24) is 0 Å². The molecule has 20 heavy (non-hydrogen) atoms. The van der Waals surface area contributed by atoms with Crippen LogP contribution in [0.1, 0.15) is 23.8 Å². The summed E-state index contributed by atoms with van der Waals surface area (Å²) >= 11 is 0. The molecule has 1 unspecified atom stereocenters. The molecule has 0 amide bonds. The number of halogens is 3. The summed E-state index contributed by atoms with van der Waals surface area (Å²) in [6.45, 7) is 0.393. The molecule has 1 N–H and O–H groups in total. The maximum absolute atomic E-state index is 11.9. The van der Waals surface area contributed by atoms with Gasteiger partial charge in [0.05, 0.1) is 0 Å². The first kappa shape index (κ1) is 14.9. The average Bonchev–Trinajstić information content (AvgIpc) is 2.79. The van der Waals surface area contributed by atoms with Gasteiger partial charge in [0.1, 0.15) is 24.1 Å². The summed E-state index contributed by atoms with van der Waals surface area (Å²) < 4.78 is 45.6. The fraction of sp³-hybridized carbons (Fsp3) is 0.429. The summed E-state index contributed by atoms with van der Waals surface area (Å²) in [7, 11) is 0. The van der Waals surface area contributed by atoms with Gasteiger partial charge >= 0.3 is 6.18 Å². The number of aryl methyl sites for hydroxylation is 1. The molecule has 6 heteroatoms. The van der Waals surface area contributed by atoms with Gasteiger partial charge in [-0.1, -0.05) is 18.2 Å². The highest BCUT2D eigenvalue weighted by Gasteiger charge is 2.27. The van der Waals surface area contributed by atoms with Gasteiger partial charge in [-0.15, -0.1) is 0 Å². The molecule has 0 spiro atoms. The highest BCUT2D eigenvalue weighted by atomic mass is 19.4. The summed E-state index contributed by atoms with van der Waals surface area (Å²) in [6, 6.07) is 7.29. The van der Waals surface area contributed by atoms with E-state index in [1.807, 2.05) is 25.1 Å². The summed E-state index contributed by atoms with van der Waals surface area (Å²) in [4.78, 5) is 0. The van der Waals surface area contributed by atoms with Crippen molar-refractivity contribution in [3.63, 3.8) is 0 Å². The Morgan fingerprint density at radius 1 is 1.35 bits per heavy atom. The van der Waals surface area contributed by atoms with Crippen LogP contribution in [0.4, 0.5) is 13.2 Å². The van der Waals surface area contributed by atoms with E-state index in [0.29, 0.717) is 11.3 Å². The quantitative estimate of drug-likeness (QED) is 0.852. The Bertz CT molecular complexity index is 575. The summed E-state index contributed by atoms with van der Waals surface area (Å²) in [6.07, 6.45) is -5.27. The normalized spacial score (nSPS) is 13.8. The highest BCUT2D eigenvalue weighted by Crippen LogP contribution is 2.27. The Morgan fingerprint density at radius 3 is 2.75 bits per heavy atom. The number of benzene rings is 1. The van der Waals surface area contributed by atoms with Crippen LogP contribution in [0.2, 0.25) is 0 Å². The SMILES string of the molecule is Cc1cccc2cc(C(O)CCOCC(F)(F)F)oc12. The average molecular weight is 288 g/mol. The van der Waals surface area contributed by atoms with E-state index in [2.05, 4.69) is 4.74 Å². The molecule has 0 aliphatic carbocycles. The maximum Gasteiger partial charge on any atom is 0.411 e. The van der Waals surface area contributed by atoms with E-state index in [-0.39, 0.29) is 13.0 Å². The van der Waals surface area contributed by atoms with E-state index in [0.717, 1.165) is 10.9 Å². The van der Waals surface area contributed by atoms with Crippen molar-refractivity contribution in [3.8, 4) is 0 Å². The summed E-state index contributed by atoms with van der Waals surface area (Å²) in [5, 5.41) is 10.7. The number of ether oxygens (including phenoxy) is 1. The van der Waals surface area contributed by atoms with Gasteiger partial charge in [-0.3, -0.25) is 0 Å². The van der Waals surface area contributed by atoms with Crippen molar-refractivity contribution in [2.45, 2.75) is 25.6 Å². The number of hydrogen-bond donors (Lipinski definition) is 1. The number of aliphatic hydroxyl groups excluding tert-OH is 1. The van der Waals surface area contributed by atoms with E-state index < -0.39 is 18.9 Å². The van der Waals surface area contributed by atoms with Gasteiger partial charge in [-0.25, -0.2) is 0 Å². The molecule has 1 aromatic heterocycles. The lowest BCUT2D eigenvalue weighted by atomic mass is 10.1. The van der Waals surface area contributed by atoms with Crippen molar-refractivity contribution in [3.05, 3.63) is 35.6 Å². The van der Waals surface area contributed by atoms with E-state index in [4.69, 9.17) is 4.42 Å². The molecule has 3 nitrogen and oxygen atoms in total. The highest BCUT2D eigenvalue weighted by molar-refractivity contribution is 5.80.